The van der Waals surface area contributed by atoms with Gasteiger partial charge in [-0.2, -0.15) is 5.26 Å². The SMILES string of the molecule is N#CCSC1=NCCN1. The molecule has 1 heterocycles. The van der Waals surface area contributed by atoms with Crippen LogP contribution in [0, 0.1) is 11.3 Å². The smallest absolute Gasteiger partial charge is 0.157 e. The second-order valence-corrected chi connectivity index (χ2v) is 2.52. The molecular weight excluding hydrogens is 134 g/mol. The molecule has 0 bridgehead atoms. The normalized spacial score (nSPS) is 16.1. The van der Waals surface area contributed by atoms with E-state index in [0.29, 0.717) is 5.75 Å². The van der Waals surface area contributed by atoms with Gasteiger partial charge in [0.25, 0.3) is 0 Å². The fourth-order valence-corrected chi connectivity index (χ4v) is 1.16. The summed E-state index contributed by atoms with van der Waals surface area (Å²) in [7, 11) is 0. The molecular formula is C5H7N3S. The van der Waals surface area contributed by atoms with Crippen LogP contribution < -0.4 is 5.32 Å². The Balaban J connectivity index is 2.20. The third kappa shape index (κ3) is 1.94. The first-order chi connectivity index (χ1) is 4.43. The summed E-state index contributed by atoms with van der Waals surface area (Å²) in [5.74, 6) is 0.492. The average Bonchev–Trinajstić information content (AvgIpc) is 2.34. The lowest BCUT2D eigenvalue weighted by Crippen LogP contribution is -2.15. The number of rotatable bonds is 1. The maximum Gasteiger partial charge on any atom is 0.157 e. The Morgan fingerprint density at radius 3 is 3.33 bits per heavy atom. The van der Waals surface area contributed by atoms with Gasteiger partial charge in [-0.1, -0.05) is 11.8 Å². The van der Waals surface area contributed by atoms with Crippen LogP contribution in [0.15, 0.2) is 4.99 Å². The van der Waals surface area contributed by atoms with E-state index < -0.39 is 0 Å². The summed E-state index contributed by atoms with van der Waals surface area (Å²) in [6.07, 6.45) is 0. The highest BCUT2D eigenvalue weighted by Gasteiger charge is 2.02. The molecule has 0 saturated heterocycles. The summed E-state index contributed by atoms with van der Waals surface area (Å²) >= 11 is 1.46. The van der Waals surface area contributed by atoms with E-state index in [2.05, 4.69) is 10.3 Å². The van der Waals surface area contributed by atoms with E-state index in [4.69, 9.17) is 5.26 Å². The van der Waals surface area contributed by atoms with Crippen molar-refractivity contribution in [2.45, 2.75) is 0 Å². The Morgan fingerprint density at radius 2 is 2.78 bits per heavy atom. The first-order valence-electron chi connectivity index (χ1n) is 2.71. The van der Waals surface area contributed by atoms with E-state index in [-0.39, 0.29) is 0 Å². The quantitative estimate of drug-likeness (QED) is 0.567. The van der Waals surface area contributed by atoms with Crippen molar-refractivity contribution in [1.82, 2.24) is 5.32 Å². The maximum atomic E-state index is 8.17. The van der Waals surface area contributed by atoms with E-state index in [1.165, 1.54) is 11.8 Å². The molecule has 1 aliphatic rings. The van der Waals surface area contributed by atoms with Crippen LogP contribution in [-0.2, 0) is 0 Å². The maximum absolute atomic E-state index is 8.17. The number of thioether (sulfide) groups is 1. The van der Waals surface area contributed by atoms with Crippen LogP contribution in [0.1, 0.15) is 0 Å². The van der Waals surface area contributed by atoms with Crippen molar-refractivity contribution in [2.75, 3.05) is 18.8 Å². The Hall–Kier alpha value is -0.690. The van der Waals surface area contributed by atoms with Gasteiger partial charge >= 0.3 is 0 Å². The zero-order valence-electron chi connectivity index (χ0n) is 4.92. The van der Waals surface area contributed by atoms with Crippen LogP contribution in [0.25, 0.3) is 0 Å². The first kappa shape index (κ1) is 6.43. The Bertz CT molecular complexity index is 158. The molecule has 0 aromatic carbocycles. The molecule has 1 rings (SSSR count). The van der Waals surface area contributed by atoms with E-state index in [9.17, 15) is 0 Å². The highest BCUT2D eigenvalue weighted by atomic mass is 32.2. The summed E-state index contributed by atoms with van der Waals surface area (Å²) in [4.78, 5) is 4.09. The Labute approximate surface area is 58.2 Å². The molecule has 0 radical (unpaired) electrons. The number of hydrogen-bond donors (Lipinski definition) is 1. The van der Waals surface area contributed by atoms with Gasteiger partial charge in [-0.25, -0.2) is 0 Å². The van der Waals surface area contributed by atoms with Crippen LogP contribution in [0.4, 0.5) is 0 Å². The van der Waals surface area contributed by atoms with Gasteiger partial charge in [0, 0.05) is 6.54 Å². The van der Waals surface area contributed by atoms with E-state index >= 15 is 0 Å². The molecule has 0 unspecified atom stereocenters. The van der Waals surface area contributed by atoms with E-state index in [1.807, 2.05) is 6.07 Å². The zero-order valence-corrected chi connectivity index (χ0v) is 5.74. The highest BCUT2D eigenvalue weighted by Crippen LogP contribution is 2.02. The lowest BCUT2D eigenvalue weighted by Gasteiger charge is -1.93. The number of aliphatic imine (C=N–C) groups is 1. The van der Waals surface area contributed by atoms with Crippen molar-refractivity contribution < 1.29 is 0 Å². The second kappa shape index (κ2) is 3.36. The summed E-state index contributed by atoms with van der Waals surface area (Å²) in [5.41, 5.74) is 0. The van der Waals surface area contributed by atoms with Crippen molar-refractivity contribution in [1.29, 1.82) is 5.26 Å². The van der Waals surface area contributed by atoms with Crippen LogP contribution in [0.5, 0.6) is 0 Å². The topological polar surface area (TPSA) is 48.2 Å². The molecule has 48 valence electrons. The van der Waals surface area contributed by atoms with Crippen molar-refractivity contribution >= 4 is 16.9 Å². The first-order valence-corrected chi connectivity index (χ1v) is 3.70. The van der Waals surface area contributed by atoms with Gasteiger partial charge in [0.05, 0.1) is 18.4 Å². The van der Waals surface area contributed by atoms with Gasteiger partial charge in [-0.3, -0.25) is 4.99 Å². The van der Waals surface area contributed by atoms with Gasteiger partial charge in [0.2, 0.25) is 0 Å². The average molecular weight is 141 g/mol. The molecule has 1 aliphatic heterocycles. The van der Waals surface area contributed by atoms with Crippen molar-refractivity contribution in [2.24, 2.45) is 4.99 Å². The predicted molar refractivity (Wildman–Crippen MR) is 38.4 cm³/mol. The van der Waals surface area contributed by atoms with Crippen LogP contribution in [0.2, 0.25) is 0 Å². The molecule has 0 atom stereocenters. The van der Waals surface area contributed by atoms with Gasteiger partial charge < -0.3 is 5.32 Å². The number of hydrogen-bond acceptors (Lipinski definition) is 4. The van der Waals surface area contributed by atoms with Gasteiger partial charge in [-0.05, 0) is 0 Å². The van der Waals surface area contributed by atoms with Crippen LogP contribution in [-0.4, -0.2) is 24.0 Å². The highest BCUT2D eigenvalue weighted by molar-refractivity contribution is 8.14. The largest absolute Gasteiger partial charge is 0.363 e. The molecule has 0 amide bonds. The number of nitrogens with zero attached hydrogens (tertiary/aromatic N) is 2. The van der Waals surface area contributed by atoms with Crippen molar-refractivity contribution in [3.8, 4) is 6.07 Å². The molecule has 9 heavy (non-hydrogen) atoms. The van der Waals surface area contributed by atoms with Crippen LogP contribution >= 0.6 is 11.8 Å². The third-order valence-electron chi connectivity index (χ3n) is 0.917. The minimum Gasteiger partial charge on any atom is -0.363 e. The van der Waals surface area contributed by atoms with Gasteiger partial charge in [0.15, 0.2) is 5.17 Å². The Kier molecular flexibility index (Phi) is 2.40. The Morgan fingerprint density at radius 1 is 1.89 bits per heavy atom. The standard InChI is InChI=1S/C5H7N3S/c6-1-4-9-5-7-2-3-8-5/h2-4H2,(H,7,8). The fourth-order valence-electron chi connectivity index (χ4n) is 0.573. The summed E-state index contributed by atoms with van der Waals surface area (Å²) in [6.45, 7) is 1.78. The number of nitrogens with one attached hydrogen (secondary N) is 1. The number of nitriles is 1. The number of amidine groups is 1. The van der Waals surface area contributed by atoms with Crippen LogP contribution in [0.3, 0.4) is 0 Å². The molecule has 0 aromatic heterocycles. The van der Waals surface area contributed by atoms with Crippen molar-refractivity contribution in [3.05, 3.63) is 0 Å². The molecule has 0 aromatic rings. The molecule has 3 nitrogen and oxygen atoms in total. The molecule has 1 N–H and O–H groups in total. The minimum absolute atomic E-state index is 0.492. The molecule has 0 fully saturated rings. The summed E-state index contributed by atoms with van der Waals surface area (Å²) in [5, 5.41) is 12.1. The summed E-state index contributed by atoms with van der Waals surface area (Å²) in [6, 6.07) is 2.04. The minimum atomic E-state index is 0.492. The lowest BCUT2D eigenvalue weighted by molar-refractivity contribution is 0.963. The van der Waals surface area contributed by atoms with Gasteiger partial charge in [0.1, 0.15) is 0 Å². The second-order valence-electron chi connectivity index (χ2n) is 1.56. The summed E-state index contributed by atoms with van der Waals surface area (Å²) < 4.78 is 0. The van der Waals surface area contributed by atoms with Gasteiger partial charge in [-0.15, -0.1) is 0 Å². The zero-order chi connectivity index (χ0) is 6.53. The predicted octanol–water partition coefficient (Wildman–Crippen LogP) is 0.202. The lowest BCUT2D eigenvalue weighted by atomic mass is 10.7. The molecule has 0 aliphatic carbocycles. The van der Waals surface area contributed by atoms with E-state index in [1.54, 1.807) is 0 Å². The monoisotopic (exact) mass is 141 g/mol. The van der Waals surface area contributed by atoms with Crippen molar-refractivity contribution in [3.63, 3.8) is 0 Å². The molecule has 0 spiro atoms. The molecule has 4 heteroatoms. The molecule has 0 saturated carbocycles. The third-order valence-corrected chi connectivity index (χ3v) is 1.74. The fraction of sp³-hybridized carbons (Fsp3) is 0.600. The van der Waals surface area contributed by atoms with E-state index in [0.717, 1.165) is 18.3 Å².